The summed E-state index contributed by atoms with van der Waals surface area (Å²) in [6, 6.07) is 7.70. The number of benzene rings is 1. The van der Waals surface area contributed by atoms with Crippen LogP contribution in [0.1, 0.15) is 38.7 Å². The number of amides is 1. The molecule has 1 amide bonds. The zero-order valence-electron chi connectivity index (χ0n) is 11.1. The molecule has 0 aromatic heterocycles. The Hall–Kier alpha value is -1.77. The Morgan fingerprint density at radius 2 is 2.00 bits per heavy atom. The molecule has 0 aliphatic rings. The Morgan fingerprint density at radius 3 is 2.56 bits per heavy atom. The van der Waals surface area contributed by atoms with Crippen molar-refractivity contribution in [1.82, 2.24) is 5.32 Å². The summed E-state index contributed by atoms with van der Waals surface area (Å²) in [4.78, 5) is 11.7. The summed E-state index contributed by atoms with van der Waals surface area (Å²) < 4.78 is 0. The van der Waals surface area contributed by atoms with Crippen LogP contribution in [0.5, 0.6) is 0 Å². The van der Waals surface area contributed by atoms with Crippen molar-refractivity contribution in [3.63, 3.8) is 0 Å². The Bertz CT molecular complexity index is 395. The highest BCUT2D eigenvalue weighted by atomic mass is 16.1. The van der Waals surface area contributed by atoms with Gasteiger partial charge in [0.25, 0.3) is 0 Å². The first kappa shape index (κ1) is 14.3. The second-order valence-electron chi connectivity index (χ2n) is 4.40. The summed E-state index contributed by atoms with van der Waals surface area (Å²) in [5, 5.41) is 3.00. The predicted octanol–water partition coefficient (Wildman–Crippen LogP) is 2.98. The zero-order valence-corrected chi connectivity index (χ0v) is 11.1. The number of hydrogen-bond acceptors (Lipinski definition) is 2. The number of nitrogens with two attached hydrogens (primary N) is 1. The maximum atomic E-state index is 11.7. The van der Waals surface area contributed by atoms with Gasteiger partial charge in [-0.15, -0.1) is 0 Å². The van der Waals surface area contributed by atoms with Crippen molar-refractivity contribution in [3.05, 3.63) is 35.9 Å². The lowest BCUT2D eigenvalue weighted by molar-refractivity contribution is -0.117. The third-order valence-electron chi connectivity index (χ3n) is 2.84. The molecule has 0 bridgehead atoms. The number of carbonyl (C=O) groups is 1. The molecule has 3 N–H and O–H groups in total. The predicted molar refractivity (Wildman–Crippen MR) is 77.0 cm³/mol. The quantitative estimate of drug-likeness (QED) is 0.599. The Labute approximate surface area is 109 Å². The van der Waals surface area contributed by atoms with E-state index < -0.39 is 0 Å². The lowest BCUT2D eigenvalue weighted by Crippen LogP contribution is -2.32. The largest absolute Gasteiger partial charge is 0.399 e. The molecular weight excluding hydrogens is 224 g/mol. The number of carbonyl (C=O) groups excluding carboxylic acids is 1. The van der Waals surface area contributed by atoms with Gasteiger partial charge in [0.2, 0.25) is 5.91 Å². The molecule has 1 aromatic carbocycles. The second-order valence-corrected chi connectivity index (χ2v) is 4.40. The smallest absolute Gasteiger partial charge is 0.244 e. The molecule has 18 heavy (non-hydrogen) atoms. The minimum Gasteiger partial charge on any atom is -0.399 e. The first-order valence-corrected chi connectivity index (χ1v) is 6.49. The molecule has 3 heteroatoms. The SMILES string of the molecule is CCCC(CC)NC(=O)/C=C/c1ccc(N)cc1. The van der Waals surface area contributed by atoms with Gasteiger partial charge < -0.3 is 11.1 Å². The van der Waals surface area contributed by atoms with Crippen molar-refractivity contribution in [2.24, 2.45) is 0 Å². The van der Waals surface area contributed by atoms with Crippen LogP contribution in [0.4, 0.5) is 5.69 Å². The molecule has 0 fully saturated rings. The average molecular weight is 246 g/mol. The van der Waals surface area contributed by atoms with Crippen LogP contribution in [0.2, 0.25) is 0 Å². The van der Waals surface area contributed by atoms with Crippen LogP contribution in [0, 0.1) is 0 Å². The fraction of sp³-hybridized carbons (Fsp3) is 0.400. The minimum absolute atomic E-state index is 0.0351. The third-order valence-corrected chi connectivity index (χ3v) is 2.84. The van der Waals surface area contributed by atoms with E-state index in [-0.39, 0.29) is 11.9 Å². The van der Waals surface area contributed by atoms with E-state index in [1.54, 1.807) is 12.2 Å². The van der Waals surface area contributed by atoms with E-state index in [0.29, 0.717) is 0 Å². The summed E-state index contributed by atoms with van der Waals surface area (Å²) in [5.41, 5.74) is 7.30. The van der Waals surface area contributed by atoms with E-state index in [2.05, 4.69) is 19.2 Å². The molecule has 0 radical (unpaired) electrons. The Balaban J connectivity index is 2.50. The molecule has 0 saturated heterocycles. The number of rotatable bonds is 6. The van der Waals surface area contributed by atoms with Crippen LogP contribution in [0.15, 0.2) is 30.3 Å². The van der Waals surface area contributed by atoms with Crippen LogP contribution in [0.3, 0.4) is 0 Å². The van der Waals surface area contributed by atoms with E-state index in [4.69, 9.17) is 5.73 Å². The fourth-order valence-corrected chi connectivity index (χ4v) is 1.76. The van der Waals surface area contributed by atoms with Crippen LogP contribution in [-0.2, 0) is 4.79 Å². The first-order valence-electron chi connectivity index (χ1n) is 6.49. The summed E-state index contributed by atoms with van der Waals surface area (Å²) >= 11 is 0. The van der Waals surface area contributed by atoms with Gasteiger partial charge in [0.1, 0.15) is 0 Å². The molecule has 1 aromatic rings. The average Bonchev–Trinajstić information content (AvgIpc) is 2.37. The van der Waals surface area contributed by atoms with Crippen molar-refractivity contribution >= 4 is 17.7 Å². The number of hydrogen-bond donors (Lipinski definition) is 2. The molecule has 3 nitrogen and oxygen atoms in total. The van der Waals surface area contributed by atoms with Gasteiger partial charge in [0.15, 0.2) is 0 Å². The molecule has 0 aliphatic heterocycles. The van der Waals surface area contributed by atoms with Crippen molar-refractivity contribution < 1.29 is 4.79 Å². The molecule has 1 atom stereocenters. The second kappa shape index (κ2) is 7.54. The lowest BCUT2D eigenvalue weighted by atomic mass is 10.1. The van der Waals surface area contributed by atoms with E-state index in [9.17, 15) is 4.79 Å². The van der Waals surface area contributed by atoms with Crippen molar-refractivity contribution in [2.45, 2.75) is 39.2 Å². The first-order chi connectivity index (χ1) is 8.65. The standard InChI is InChI=1S/C15H22N2O/c1-3-5-14(4-2)17-15(18)11-8-12-6-9-13(16)10-7-12/h6-11,14H,3-5,16H2,1-2H3,(H,17,18)/b11-8+. The highest BCUT2D eigenvalue weighted by Crippen LogP contribution is 2.07. The van der Waals surface area contributed by atoms with E-state index in [0.717, 1.165) is 30.5 Å². The fourth-order valence-electron chi connectivity index (χ4n) is 1.76. The van der Waals surface area contributed by atoms with Gasteiger partial charge in [-0.3, -0.25) is 4.79 Å². The zero-order chi connectivity index (χ0) is 13.4. The van der Waals surface area contributed by atoms with Crippen molar-refractivity contribution in [1.29, 1.82) is 0 Å². The van der Waals surface area contributed by atoms with E-state index in [1.807, 2.05) is 24.3 Å². The summed E-state index contributed by atoms with van der Waals surface area (Å²) in [6.07, 6.45) is 6.45. The molecule has 0 aliphatic carbocycles. The Morgan fingerprint density at radius 1 is 1.33 bits per heavy atom. The molecule has 98 valence electrons. The minimum atomic E-state index is -0.0351. The topological polar surface area (TPSA) is 55.1 Å². The van der Waals surface area contributed by atoms with Gasteiger partial charge in [0, 0.05) is 17.8 Å². The highest BCUT2D eigenvalue weighted by Gasteiger charge is 2.06. The van der Waals surface area contributed by atoms with Crippen LogP contribution in [-0.4, -0.2) is 11.9 Å². The third kappa shape index (κ3) is 5.04. The summed E-state index contributed by atoms with van der Waals surface area (Å²) in [5.74, 6) is -0.0351. The van der Waals surface area contributed by atoms with Gasteiger partial charge in [-0.2, -0.15) is 0 Å². The molecule has 0 saturated carbocycles. The van der Waals surface area contributed by atoms with E-state index >= 15 is 0 Å². The molecule has 1 rings (SSSR count). The lowest BCUT2D eigenvalue weighted by Gasteiger charge is -2.14. The van der Waals surface area contributed by atoms with Gasteiger partial charge in [-0.05, 0) is 36.6 Å². The van der Waals surface area contributed by atoms with Gasteiger partial charge in [0.05, 0.1) is 0 Å². The van der Waals surface area contributed by atoms with Crippen LogP contribution < -0.4 is 11.1 Å². The van der Waals surface area contributed by atoms with Crippen molar-refractivity contribution in [2.75, 3.05) is 5.73 Å². The summed E-state index contributed by atoms with van der Waals surface area (Å²) in [7, 11) is 0. The monoisotopic (exact) mass is 246 g/mol. The Kier molecular flexibility index (Phi) is 5.98. The maximum Gasteiger partial charge on any atom is 0.244 e. The molecule has 1 unspecified atom stereocenters. The summed E-state index contributed by atoms with van der Waals surface area (Å²) in [6.45, 7) is 4.21. The maximum absolute atomic E-state index is 11.7. The highest BCUT2D eigenvalue weighted by molar-refractivity contribution is 5.91. The normalized spacial score (nSPS) is 12.6. The van der Waals surface area contributed by atoms with Gasteiger partial charge >= 0.3 is 0 Å². The van der Waals surface area contributed by atoms with Gasteiger partial charge in [-0.1, -0.05) is 32.4 Å². The van der Waals surface area contributed by atoms with Crippen LogP contribution >= 0.6 is 0 Å². The molecule has 0 heterocycles. The van der Waals surface area contributed by atoms with E-state index in [1.165, 1.54) is 0 Å². The molecular formula is C15H22N2O. The molecule has 0 spiro atoms. The van der Waals surface area contributed by atoms with Crippen molar-refractivity contribution in [3.8, 4) is 0 Å². The van der Waals surface area contributed by atoms with Crippen LogP contribution in [0.25, 0.3) is 6.08 Å². The number of nitrogens with one attached hydrogen (secondary N) is 1. The van der Waals surface area contributed by atoms with Gasteiger partial charge in [-0.25, -0.2) is 0 Å². The number of nitrogen functional groups attached to an aromatic ring is 1. The number of anilines is 1.